The summed E-state index contributed by atoms with van der Waals surface area (Å²) in [4.78, 5) is 2.42. The molecule has 10 heavy (non-hydrogen) atoms. The summed E-state index contributed by atoms with van der Waals surface area (Å²) in [5.41, 5.74) is -0.415. The molecule has 0 aliphatic heterocycles. The van der Waals surface area contributed by atoms with Gasteiger partial charge in [0.15, 0.2) is 0 Å². The lowest BCUT2D eigenvalue weighted by Crippen LogP contribution is -1.65. The Morgan fingerprint density at radius 3 is 3.30 bits per heavy atom. The van der Waals surface area contributed by atoms with Crippen molar-refractivity contribution in [1.82, 2.24) is 4.98 Å². The fourth-order valence-corrected chi connectivity index (χ4v) is 0.781. The molecule has 1 aromatic carbocycles. The van der Waals surface area contributed by atoms with Gasteiger partial charge in [0.1, 0.15) is 0 Å². The first-order valence-electron chi connectivity index (χ1n) is 6.75. The molecule has 0 atom stereocenters. The minimum Gasteiger partial charge on any atom is -0.359 e. The van der Waals surface area contributed by atoms with Crippen LogP contribution in [0.1, 0.15) is 16.7 Å². The molecular weight excluding hydrogens is 122 g/mol. The summed E-state index contributed by atoms with van der Waals surface area (Å²) in [7, 11) is 0. The van der Waals surface area contributed by atoms with Crippen LogP contribution in [0.2, 0.25) is 0 Å². The quantitative estimate of drug-likeness (QED) is 0.577. The first kappa shape index (κ1) is 1.67. The Bertz CT molecular complexity index is 639. The van der Waals surface area contributed by atoms with E-state index < -0.39 is 31.0 Å². The third-order valence-electron chi connectivity index (χ3n) is 1.19. The molecule has 0 saturated heterocycles. The zero-order valence-corrected chi connectivity index (χ0v) is 5.00. The van der Waals surface area contributed by atoms with Crippen molar-refractivity contribution >= 4 is 10.9 Å². The van der Waals surface area contributed by atoms with E-state index in [9.17, 15) is 0 Å². The maximum atomic E-state index is 7.74. The second-order valence-electron chi connectivity index (χ2n) is 1.88. The molecule has 0 amide bonds. The largest absolute Gasteiger partial charge is 0.359 e. The van der Waals surface area contributed by atoms with Gasteiger partial charge in [-0.1, -0.05) is 18.1 Å². The van der Waals surface area contributed by atoms with Crippen molar-refractivity contribution in [3.63, 3.8) is 0 Å². The van der Waals surface area contributed by atoms with Crippen LogP contribution in [-0.4, -0.2) is 4.98 Å². The topological polar surface area (TPSA) is 15.8 Å². The van der Waals surface area contributed by atoms with Crippen LogP contribution in [0.4, 0.5) is 0 Å². The van der Waals surface area contributed by atoms with E-state index in [1.54, 1.807) is 0 Å². The fraction of sp³-hybridized carbons (Fsp3) is 0.111. The lowest BCUT2D eigenvalue weighted by Gasteiger charge is -1.83. The third kappa shape index (κ3) is 0.711. The van der Waals surface area contributed by atoms with Crippen molar-refractivity contribution in [3.05, 3.63) is 35.9 Å². The average Bonchev–Trinajstić information content (AvgIpc) is 2.61. The molecule has 0 bridgehead atoms. The van der Waals surface area contributed by atoms with Crippen LogP contribution in [-0.2, 0) is 0 Å². The Morgan fingerprint density at radius 2 is 2.40 bits per heavy atom. The Hall–Kier alpha value is -1.24. The van der Waals surface area contributed by atoms with Gasteiger partial charge in [-0.25, -0.2) is 0 Å². The summed E-state index contributed by atoms with van der Waals surface area (Å²) < 4.78 is 59.8. The fourth-order valence-electron chi connectivity index (χ4n) is 0.781. The van der Waals surface area contributed by atoms with Gasteiger partial charge in [0, 0.05) is 15.3 Å². The highest BCUT2D eigenvalue weighted by atomic mass is 14.7. The predicted octanol–water partition coefficient (Wildman–Crippen LogP) is 2.48. The monoisotopic (exact) mass is 139 g/mol. The van der Waals surface area contributed by atoms with E-state index in [-0.39, 0.29) is 22.6 Å². The number of fused-ring (bicyclic) bond motifs is 1. The smallest absolute Gasteiger partial charge is 0.0648 e. The van der Waals surface area contributed by atoms with Gasteiger partial charge in [-0.2, -0.15) is 0 Å². The zero-order valence-electron chi connectivity index (χ0n) is 13.0. The number of rotatable bonds is 0. The molecule has 0 saturated carbocycles. The number of para-hydroxylation sites is 1. The summed E-state index contributed by atoms with van der Waals surface area (Å²) >= 11 is 0. The number of aromatic amines is 1. The van der Waals surface area contributed by atoms with Crippen LogP contribution in [0.5, 0.6) is 0 Å². The Labute approximate surface area is 70.9 Å². The van der Waals surface area contributed by atoms with Crippen LogP contribution >= 0.6 is 0 Å². The highest BCUT2D eigenvalue weighted by molar-refractivity contribution is 5.79. The second kappa shape index (κ2) is 1.87. The molecule has 0 radical (unpaired) electrons. The summed E-state index contributed by atoms with van der Waals surface area (Å²) in [6.45, 7) is -2.56. The molecule has 0 unspecified atom stereocenters. The van der Waals surface area contributed by atoms with Gasteiger partial charge in [0.2, 0.25) is 0 Å². The molecule has 1 aromatic heterocycles. The summed E-state index contributed by atoms with van der Waals surface area (Å²) in [6.07, 6.45) is 0. The molecule has 1 N–H and O–H groups in total. The van der Waals surface area contributed by atoms with Crippen LogP contribution in [0.25, 0.3) is 10.9 Å². The SMILES string of the molecule is [2H]c1c([2H])c([2H])c2c([2H])c(C([2H])([2H])[2H])[nH]c2c1[2H]. The maximum Gasteiger partial charge on any atom is 0.0648 e. The lowest BCUT2D eigenvalue weighted by atomic mass is 10.2. The Morgan fingerprint density at radius 1 is 1.50 bits per heavy atom. The van der Waals surface area contributed by atoms with Gasteiger partial charge in [0.05, 0.1) is 6.85 Å². The van der Waals surface area contributed by atoms with Gasteiger partial charge in [0.25, 0.3) is 0 Å². The normalized spacial score (nSPS) is 23.2. The Kier molecular flexibility index (Phi) is 0.313. The molecule has 0 fully saturated rings. The van der Waals surface area contributed by atoms with Crippen LogP contribution < -0.4 is 0 Å². The third-order valence-corrected chi connectivity index (χ3v) is 1.19. The molecule has 50 valence electrons. The van der Waals surface area contributed by atoms with E-state index in [1.807, 2.05) is 0 Å². The first-order chi connectivity index (χ1) is 8.16. The molecule has 1 heterocycles. The van der Waals surface area contributed by atoms with Crippen LogP contribution in [0, 0.1) is 6.85 Å². The standard InChI is InChI=1S/C9H9N/c1-7-6-8-4-2-3-5-9(8)10-7/h2-6,10H,1H3/i1D3,2D,3D,4D,5D,6D. The summed E-state index contributed by atoms with van der Waals surface area (Å²) in [5.74, 6) is 0. The van der Waals surface area contributed by atoms with Crippen molar-refractivity contribution in [2.45, 2.75) is 6.85 Å². The number of hydrogen-bond donors (Lipinski definition) is 1. The van der Waals surface area contributed by atoms with E-state index in [2.05, 4.69) is 4.98 Å². The van der Waals surface area contributed by atoms with E-state index in [0.29, 0.717) is 0 Å². The molecule has 1 nitrogen and oxygen atoms in total. The zero-order chi connectivity index (χ0) is 13.8. The van der Waals surface area contributed by atoms with Crippen molar-refractivity contribution in [2.24, 2.45) is 0 Å². The number of aromatic nitrogens is 1. The van der Waals surface area contributed by atoms with Gasteiger partial charge < -0.3 is 4.98 Å². The maximum absolute atomic E-state index is 7.74. The predicted molar refractivity (Wildman–Crippen MR) is 43.0 cm³/mol. The molecule has 1 heteroatoms. The van der Waals surface area contributed by atoms with Crippen LogP contribution in [0.3, 0.4) is 0 Å². The lowest BCUT2D eigenvalue weighted by molar-refractivity contribution is 1.30. The van der Waals surface area contributed by atoms with E-state index in [1.165, 1.54) is 0 Å². The van der Waals surface area contributed by atoms with Gasteiger partial charge in [-0.15, -0.1) is 0 Å². The molecule has 0 aliphatic rings. The van der Waals surface area contributed by atoms with E-state index >= 15 is 0 Å². The van der Waals surface area contributed by atoms with E-state index in [4.69, 9.17) is 11.0 Å². The number of nitrogens with one attached hydrogen (secondary N) is 1. The highest BCUT2D eigenvalue weighted by Crippen LogP contribution is 2.12. The number of benzene rings is 1. The molecule has 2 rings (SSSR count). The van der Waals surface area contributed by atoms with Crippen molar-refractivity contribution in [3.8, 4) is 0 Å². The van der Waals surface area contributed by atoms with E-state index in [0.717, 1.165) is 0 Å². The van der Waals surface area contributed by atoms with Crippen molar-refractivity contribution in [2.75, 3.05) is 0 Å². The molecule has 2 aromatic rings. The molecule has 0 spiro atoms. The highest BCUT2D eigenvalue weighted by Gasteiger charge is 1.92. The average molecular weight is 139 g/mol. The number of aryl methyl sites for hydroxylation is 1. The summed E-state index contributed by atoms with van der Waals surface area (Å²) in [5, 5.41) is -0.0906. The summed E-state index contributed by atoms with van der Waals surface area (Å²) in [6, 6.07) is -2.10. The van der Waals surface area contributed by atoms with Gasteiger partial charge in [-0.05, 0) is 24.3 Å². The minimum atomic E-state index is -2.56. The van der Waals surface area contributed by atoms with Crippen LogP contribution in [0.15, 0.2) is 30.2 Å². The van der Waals surface area contributed by atoms with Crippen molar-refractivity contribution in [1.29, 1.82) is 0 Å². The molecule has 0 aliphatic carbocycles. The number of H-pyrrole nitrogens is 1. The minimum absolute atomic E-state index is 0.0443. The Balaban J connectivity index is 2.98. The first-order valence-corrected chi connectivity index (χ1v) is 2.75. The van der Waals surface area contributed by atoms with Gasteiger partial charge in [-0.3, -0.25) is 0 Å². The molecular formula is C9H9N. The number of hydrogen-bond acceptors (Lipinski definition) is 0. The second-order valence-corrected chi connectivity index (χ2v) is 1.88. The van der Waals surface area contributed by atoms with Crippen molar-refractivity contribution < 1.29 is 11.0 Å². The van der Waals surface area contributed by atoms with Gasteiger partial charge >= 0.3 is 0 Å².